The first kappa shape index (κ1) is 13.1. The third-order valence-electron chi connectivity index (χ3n) is 4.01. The summed E-state index contributed by atoms with van der Waals surface area (Å²) in [5.74, 6) is 0. The second-order valence-corrected chi connectivity index (χ2v) is 5.30. The highest BCUT2D eigenvalue weighted by Gasteiger charge is 2.25. The van der Waals surface area contributed by atoms with Gasteiger partial charge in [-0.2, -0.15) is 5.26 Å². The summed E-state index contributed by atoms with van der Waals surface area (Å²) >= 11 is 0. The molecule has 0 spiro atoms. The van der Waals surface area contributed by atoms with Gasteiger partial charge in [-0.1, -0.05) is 18.2 Å². The first-order valence-electron chi connectivity index (χ1n) is 6.90. The van der Waals surface area contributed by atoms with E-state index in [-0.39, 0.29) is 0 Å². The Kier molecular flexibility index (Phi) is 4.38. The van der Waals surface area contributed by atoms with Crippen LogP contribution in [0.2, 0.25) is 0 Å². The molecule has 1 aromatic rings. The molecule has 2 nitrogen and oxygen atoms in total. The average Bonchev–Trinajstić information content (AvgIpc) is 2.81. The minimum atomic E-state index is 0.572. The highest BCUT2D eigenvalue weighted by Crippen LogP contribution is 2.32. The highest BCUT2D eigenvalue weighted by atomic mass is 15.2. The van der Waals surface area contributed by atoms with Crippen LogP contribution in [-0.4, -0.2) is 18.0 Å². The maximum absolute atomic E-state index is 8.62. The summed E-state index contributed by atoms with van der Waals surface area (Å²) in [7, 11) is 0. The van der Waals surface area contributed by atoms with E-state index in [1.54, 1.807) is 0 Å². The molecule has 2 heteroatoms. The number of likely N-dealkylation sites (tertiary alicyclic amines) is 1. The van der Waals surface area contributed by atoms with Crippen LogP contribution in [-0.2, 0) is 0 Å². The van der Waals surface area contributed by atoms with Gasteiger partial charge in [0.15, 0.2) is 0 Å². The van der Waals surface area contributed by atoms with Gasteiger partial charge in [0.1, 0.15) is 0 Å². The van der Waals surface area contributed by atoms with Crippen molar-refractivity contribution in [3.63, 3.8) is 0 Å². The van der Waals surface area contributed by atoms with E-state index in [2.05, 4.69) is 43.0 Å². The summed E-state index contributed by atoms with van der Waals surface area (Å²) in [6.07, 6.45) is 4.22. The third-order valence-corrected chi connectivity index (χ3v) is 4.01. The van der Waals surface area contributed by atoms with Gasteiger partial charge in [0.25, 0.3) is 0 Å². The molecule has 0 bridgehead atoms. The van der Waals surface area contributed by atoms with E-state index >= 15 is 0 Å². The molecule has 18 heavy (non-hydrogen) atoms. The first-order valence-corrected chi connectivity index (χ1v) is 6.90. The molecule has 0 aromatic heterocycles. The Morgan fingerprint density at radius 3 is 2.89 bits per heavy atom. The van der Waals surface area contributed by atoms with Crippen LogP contribution in [0.5, 0.6) is 0 Å². The van der Waals surface area contributed by atoms with Crippen LogP contribution in [0.1, 0.15) is 48.4 Å². The van der Waals surface area contributed by atoms with Crippen molar-refractivity contribution in [1.29, 1.82) is 5.26 Å². The van der Waals surface area contributed by atoms with E-state index in [1.807, 2.05) is 0 Å². The number of nitriles is 1. The zero-order valence-corrected chi connectivity index (χ0v) is 11.4. The Labute approximate surface area is 110 Å². The zero-order valence-electron chi connectivity index (χ0n) is 11.4. The Balaban J connectivity index is 2.06. The molecule has 1 fully saturated rings. The topological polar surface area (TPSA) is 27.0 Å². The van der Waals surface area contributed by atoms with E-state index in [1.165, 1.54) is 36.1 Å². The fraction of sp³-hybridized carbons (Fsp3) is 0.562. The SMILES string of the molecule is Cc1ccc(C2CCCN2CCCC#N)cc1C. The lowest BCUT2D eigenvalue weighted by Crippen LogP contribution is -2.24. The van der Waals surface area contributed by atoms with Gasteiger partial charge in [0, 0.05) is 12.5 Å². The van der Waals surface area contributed by atoms with Crippen LogP contribution in [0, 0.1) is 25.2 Å². The second kappa shape index (κ2) is 6.02. The highest BCUT2D eigenvalue weighted by molar-refractivity contribution is 5.32. The van der Waals surface area contributed by atoms with Gasteiger partial charge in [0.2, 0.25) is 0 Å². The maximum atomic E-state index is 8.62. The van der Waals surface area contributed by atoms with Crippen LogP contribution in [0.4, 0.5) is 0 Å². The molecule has 1 aromatic carbocycles. The largest absolute Gasteiger partial charge is 0.296 e. The van der Waals surface area contributed by atoms with Gasteiger partial charge >= 0.3 is 0 Å². The van der Waals surface area contributed by atoms with Crippen molar-refractivity contribution in [2.75, 3.05) is 13.1 Å². The lowest BCUT2D eigenvalue weighted by atomic mass is 9.99. The molecule has 0 radical (unpaired) electrons. The van der Waals surface area contributed by atoms with Gasteiger partial charge in [-0.25, -0.2) is 0 Å². The van der Waals surface area contributed by atoms with Crippen LogP contribution in [0.25, 0.3) is 0 Å². The standard InChI is InChI=1S/C16H22N2/c1-13-7-8-15(12-14(13)2)16-6-5-11-18(16)10-4-3-9-17/h7-8,12,16H,3-6,10-11H2,1-2H3. The fourth-order valence-electron chi connectivity index (χ4n) is 2.80. The maximum Gasteiger partial charge on any atom is 0.0622 e. The van der Waals surface area contributed by atoms with Crippen LogP contribution in [0.15, 0.2) is 18.2 Å². The lowest BCUT2D eigenvalue weighted by molar-refractivity contribution is 0.255. The second-order valence-electron chi connectivity index (χ2n) is 5.30. The zero-order chi connectivity index (χ0) is 13.0. The van der Waals surface area contributed by atoms with Crippen molar-refractivity contribution in [3.8, 4) is 6.07 Å². The summed E-state index contributed by atoms with van der Waals surface area (Å²) in [6.45, 7) is 6.60. The van der Waals surface area contributed by atoms with E-state index < -0.39 is 0 Å². The van der Waals surface area contributed by atoms with Gasteiger partial charge in [-0.3, -0.25) is 4.90 Å². The van der Waals surface area contributed by atoms with Crippen LogP contribution < -0.4 is 0 Å². The van der Waals surface area contributed by atoms with E-state index in [0.717, 1.165) is 13.0 Å². The Morgan fingerprint density at radius 2 is 2.17 bits per heavy atom. The molecule has 1 aliphatic heterocycles. The van der Waals surface area contributed by atoms with E-state index in [4.69, 9.17) is 5.26 Å². The normalized spacial score (nSPS) is 19.9. The number of benzene rings is 1. The van der Waals surface area contributed by atoms with E-state index in [0.29, 0.717) is 12.5 Å². The molecule has 0 aliphatic carbocycles. The Hall–Kier alpha value is -1.33. The quantitative estimate of drug-likeness (QED) is 0.752. The first-order chi connectivity index (χ1) is 8.72. The molecule has 1 heterocycles. The monoisotopic (exact) mass is 242 g/mol. The summed E-state index contributed by atoms with van der Waals surface area (Å²) in [5, 5.41) is 8.62. The summed E-state index contributed by atoms with van der Waals surface area (Å²) in [5.41, 5.74) is 4.21. The van der Waals surface area contributed by atoms with Crippen molar-refractivity contribution in [2.24, 2.45) is 0 Å². The smallest absolute Gasteiger partial charge is 0.0622 e. The molecule has 0 amide bonds. The molecular formula is C16H22N2. The number of unbranched alkanes of at least 4 members (excludes halogenated alkanes) is 1. The molecule has 1 aliphatic rings. The van der Waals surface area contributed by atoms with Crippen molar-refractivity contribution < 1.29 is 0 Å². The van der Waals surface area contributed by atoms with E-state index in [9.17, 15) is 0 Å². The molecule has 2 rings (SSSR count). The number of aryl methyl sites for hydroxylation is 2. The Morgan fingerprint density at radius 1 is 1.33 bits per heavy atom. The molecule has 1 unspecified atom stereocenters. The number of hydrogen-bond donors (Lipinski definition) is 0. The fourth-order valence-corrected chi connectivity index (χ4v) is 2.80. The van der Waals surface area contributed by atoms with Gasteiger partial charge in [-0.05, 0) is 62.9 Å². The lowest BCUT2D eigenvalue weighted by Gasteiger charge is -2.25. The van der Waals surface area contributed by atoms with Gasteiger partial charge in [-0.15, -0.1) is 0 Å². The molecule has 1 atom stereocenters. The number of nitrogens with zero attached hydrogens (tertiary/aromatic N) is 2. The molecule has 1 saturated heterocycles. The molecule has 0 saturated carbocycles. The third kappa shape index (κ3) is 2.91. The average molecular weight is 242 g/mol. The van der Waals surface area contributed by atoms with Crippen molar-refractivity contribution >= 4 is 0 Å². The predicted molar refractivity (Wildman–Crippen MR) is 74.3 cm³/mol. The summed E-state index contributed by atoms with van der Waals surface area (Å²) in [6, 6.07) is 9.65. The minimum Gasteiger partial charge on any atom is -0.296 e. The number of rotatable bonds is 4. The predicted octanol–water partition coefficient (Wildman–Crippen LogP) is 3.74. The van der Waals surface area contributed by atoms with Crippen molar-refractivity contribution in [2.45, 2.75) is 45.6 Å². The Bertz CT molecular complexity index is 445. The summed E-state index contributed by atoms with van der Waals surface area (Å²) < 4.78 is 0. The van der Waals surface area contributed by atoms with Crippen molar-refractivity contribution in [1.82, 2.24) is 4.90 Å². The van der Waals surface area contributed by atoms with Crippen LogP contribution in [0.3, 0.4) is 0 Å². The van der Waals surface area contributed by atoms with Crippen LogP contribution >= 0.6 is 0 Å². The minimum absolute atomic E-state index is 0.572. The van der Waals surface area contributed by atoms with Crippen molar-refractivity contribution in [3.05, 3.63) is 34.9 Å². The van der Waals surface area contributed by atoms with Gasteiger partial charge < -0.3 is 0 Å². The molecule has 96 valence electrons. The summed E-state index contributed by atoms with van der Waals surface area (Å²) in [4.78, 5) is 2.54. The number of hydrogen-bond acceptors (Lipinski definition) is 2. The van der Waals surface area contributed by atoms with Gasteiger partial charge in [0.05, 0.1) is 6.07 Å². The molecule has 0 N–H and O–H groups in total. The molecular weight excluding hydrogens is 220 g/mol.